The van der Waals surface area contributed by atoms with Gasteiger partial charge in [0.1, 0.15) is 5.70 Å². The molecule has 0 aromatic heterocycles. The minimum atomic E-state index is -0.534. The first-order valence-corrected chi connectivity index (χ1v) is 4.96. The number of carbonyl (C=O) groups excluding carboxylic acids is 2. The Morgan fingerprint density at radius 3 is 3.00 bits per heavy atom. The molecule has 1 saturated heterocycles. The van der Waals surface area contributed by atoms with Gasteiger partial charge in [-0.05, 0) is 17.7 Å². The summed E-state index contributed by atoms with van der Waals surface area (Å²) >= 11 is 6.96. The number of hydrogen-bond acceptors (Lipinski definition) is 3. The van der Waals surface area contributed by atoms with Crippen LogP contribution in [0.1, 0.15) is 6.42 Å². The molecule has 0 aromatic rings. The van der Waals surface area contributed by atoms with Crippen molar-refractivity contribution in [2.45, 2.75) is 11.8 Å². The molecular weight excluding hydrogens is 198 g/mol. The third-order valence-corrected chi connectivity index (χ3v) is 3.25. The van der Waals surface area contributed by atoms with Crippen molar-refractivity contribution in [2.24, 2.45) is 0 Å². The first-order chi connectivity index (χ1) is 5.70. The zero-order chi connectivity index (χ0) is 8.72. The lowest BCUT2D eigenvalue weighted by Crippen LogP contribution is -2.52. The van der Waals surface area contributed by atoms with E-state index in [0.717, 1.165) is 5.75 Å². The normalized spacial score (nSPS) is 27.4. The lowest BCUT2D eigenvalue weighted by molar-refractivity contribution is -0.140. The Balaban J connectivity index is 2.26. The van der Waals surface area contributed by atoms with Gasteiger partial charge in [-0.3, -0.25) is 14.5 Å². The summed E-state index contributed by atoms with van der Waals surface area (Å²) in [4.78, 5) is 23.3. The maximum atomic E-state index is 11.0. The number of fused-ring (bicyclic) bond motifs is 1. The van der Waals surface area contributed by atoms with Gasteiger partial charge in [-0.2, -0.15) is 0 Å². The Morgan fingerprint density at radius 2 is 2.50 bits per heavy atom. The second-order valence-electron chi connectivity index (χ2n) is 2.62. The second kappa shape index (κ2) is 2.78. The van der Waals surface area contributed by atoms with Crippen LogP contribution in [0.2, 0.25) is 0 Å². The minimum absolute atomic E-state index is 0.00699. The second-order valence-corrected chi connectivity index (χ2v) is 4.17. The van der Waals surface area contributed by atoms with Crippen LogP contribution in [0.4, 0.5) is 0 Å². The molecule has 0 radical (unpaired) electrons. The Morgan fingerprint density at radius 1 is 1.75 bits per heavy atom. The van der Waals surface area contributed by atoms with E-state index in [4.69, 9.17) is 11.6 Å². The van der Waals surface area contributed by atoms with E-state index in [2.05, 4.69) is 0 Å². The topological polar surface area (TPSA) is 37.4 Å². The van der Waals surface area contributed by atoms with E-state index in [1.165, 1.54) is 4.90 Å². The van der Waals surface area contributed by atoms with Crippen LogP contribution >= 0.6 is 23.4 Å². The zero-order valence-corrected chi connectivity index (χ0v) is 7.69. The molecule has 0 spiro atoms. The van der Waals surface area contributed by atoms with Crippen LogP contribution < -0.4 is 0 Å². The number of allylic oxidation sites excluding steroid dienone is 1. The molecule has 2 rings (SSSR count). The van der Waals surface area contributed by atoms with Crippen LogP contribution in [0.3, 0.4) is 0 Å². The Bertz CT molecular complexity index is 289. The smallest absolute Gasteiger partial charge is 0.268 e. The average Bonchev–Trinajstić information content (AvgIpc) is 2.01. The van der Waals surface area contributed by atoms with Gasteiger partial charge in [-0.1, -0.05) is 0 Å². The van der Waals surface area contributed by atoms with Gasteiger partial charge >= 0.3 is 0 Å². The van der Waals surface area contributed by atoms with Crippen molar-refractivity contribution in [1.29, 1.82) is 0 Å². The molecule has 1 fully saturated rings. The van der Waals surface area contributed by atoms with Crippen molar-refractivity contribution in [2.75, 3.05) is 5.75 Å². The molecule has 3 nitrogen and oxygen atoms in total. The van der Waals surface area contributed by atoms with Gasteiger partial charge in [-0.15, -0.1) is 11.8 Å². The third-order valence-electron chi connectivity index (χ3n) is 1.93. The molecule has 64 valence electrons. The minimum Gasteiger partial charge on any atom is -0.295 e. The van der Waals surface area contributed by atoms with Crippen LogP contribution in [0.25, 0.3) is 0 Å². The quantitative estimate of drug-likeness (QED) is 0.470. The monoisotopic (exact) mass is 203 g/mol. The summed E-state index contributed by atoms with van der Waals surface area (Å²) in [6, 6.07) is 0. The van der Waals surface area contributed by atoms with Crippen molar-refractivity contribution >= 4 is 34.5 Å². The molecule has 5 heteroatoms. The van der Waals surface area contributed by atoms with Gasteiger partial charge in [0.25, 0.3) is 5.24 Å². The van der Waals surface area contributed by atoms with Crippen LogP contribution in [0.5, 0.6) is 0 Å². The van der Waals surface area contributed by atoms with E-state index in [-0.39, 0.29) is 11.3 Å². The lowest BCUT2D eigenvalue weighted by Gasteiger charge is -2.42. The summed E-state index contributed by atoms with van der Waals surface area (Å²) in [6.45, 7) is 0. The molecule has 0 unspecified atom stereocenters. The van der Waals surface area contributed by atoms with Gasteiger partial charge in [0, 0.05) is 5.75 Å². The lowest BCUT2D eigenvalue weighted by atomic mass is 10.1. The number of amides is 1. The fourth-order valence-electron chi connectivity index (χ4n) is 1.32. The molecule has 0 N–H and O–H groups in total. The molecular formula is C7H6ClNO2S. The molecule has 2 aliphatic heterocycles. The Labute approximate surface area is 78.7 Å². The number of halogens is 1. The summed E-state index contributed by atoms with van der Waals surface area (Å²) < 4.78 is 0. The molecule has 0 bridgehead atoms. The highest BCUT2D eigenvalue weighted by Crippen LogP contribution is 2.37. The fraction of sp³-hybridized carbons (Fsp3) is 0.429. The van der Waals surface area contributed by atoms with Gasteiger partial charge in [0.2, 0.25) is 5.91 Å². The summed E-state index contributed by atoms with van der Waals surface area (Å²) in [7, 11) is 0. The van der Waals surface area contributed by atoms with Crippen molar-refractivity contribution in [3.63, 3.8) is 0 Å². The molecule has 1 amide bonds. The summed E-state index contributed by atoms with van der Waals surface area (Å²) in [6.07, 6.45) is 2.24. The Hall–Kier alpha value is -0.480. The van der Waals surface area contributed by atoms with E-state index in [1.54, 1.807) is 17.8 Å². The van der Waals surface area contributed by atoms with Crippen LogP contribution in [0.15, 0.2) is 11.8 Å². The first-order valence-electron chi connectivity index (χ1n) is 3.54. The largest absolute Gasteiger partial charge is 0.295 e. The molecule has 2 heterocycles. The van der Waals surface area contributed by atoms with E-state index in [9.17, 15) is 9.59 Å². The molecule has 12 heavy (non-hydrogen) atoms. The number of carbonyl (C=O) groups is 2. The standard InChI is InChI=1S/C7H6ClNO2S/c8-7(11)4-1-2-12-6-3-5(10)9(4)6/h1,6H,2-3H2/t6-/m1/s1. The Kier molecular flexibility index (Phi) is 1.88. The number of rotatable bonds is 1. The zero-order valence-electron chi connectivity index (χ0n) is 6.12. The number of hydrogen-bond donors (Lipinski definition) is 0. The van der Waals surface area contributed by atoms with Crippen molar-refractivity contribution in [3.05, 3.63) is 11.8 Å². The van der Waals surface area contributed by atoms with Crippen LogP contribution in [0, 0.1) is 0 Å². The van der Waals surface area contributed by atoms with Crippen molar-refractivity contribution in [1.82, 2.24) is 4.90 Å². The maximum Gasteiger partial charge on any atom is 0.268 e. The van der Waals surface area contributed by atoms with E-state index in [1.807, 2.05) is 0 Å². The molecule has 1 atom stereocenters. The predicted molar refractivity (Wildman–Crippen MR) is 46.7 cm³/mol. The average molecular weight is 204 g/mol. The van der Waals surface area contributed by atoms with Crippen molar-refractivity contribution < 1.29 is 9.59 Å². The summed E-state index contributed by atoms with van der Waals surface area (Å²) in [5, 5.41) is -0.381. The van der Waals surface area contributed by atoms with E-state index >= 15 is 0 Å². The van der Waals surface area contributed by atoms with Crippen molar-refractivity contribution in [3.8, 4) is 0 Å². The maximum absolute atomic E-state index is 11.0. The van der Waals surface area contributed by atoms with Gasteiger partial charge in [-0.25, -0.2) is 0 Å². The number of β-lactam (4-membered cyclic amide) rings is 1. The molecule has 0 aliphatic carbocycles. The number of nitrogens with zero attached hydrogens (tertiary/aromatic N) is 1. The van der Waals surface area contributed by atoms with E-state index in [0.29, 0.717) is 12.1 Å². The summed E-state index contributed by atoms with van der Waals surface area (Å²) in [5.41, 5.74) is 0.358. The van der Waals surface area contributed by atoms with Gasteiger partial charge in [0.15, 0.2) is 0 Å². The first kappa shape index (κ1) is 8.13. The van der Waals surface area contributed by atoms with Gasteiger partial charge < -0.3 is 0 Å². The molecule has 0 saturated carbocycles. The van der Waals surface area contributed by atoms with E-state index < -0.39 is 5.24 Å². The number of thioether (sulfide) groups is 1. The van der Waals surface area contributed by atoms with Crippen LogP contribution in [-0.4, -0.2) is 27.2 Å². The molecule has 2 aliphatic rings. The predicted octanol–water partition coefficient (Wildman–Crippen LogP) is 0.941. The highest BCUT2D eigenvalue weighted by molar-refractivity contribution is 8.00. The highest BCUT2D eigenvalue weighted by atomic mass is 35.5. The van der Waals surface area contributed by atoms with Crippen LogP contribution in [-0.2, 0) is 9.59 Å². The fourth-order valence-corrected chi connectivity index (χ4v) is 2.61. The molecule has 0 aromatic carbocycles. The SMILES string of the molecule is O=C(Cl)C1=CCS[C@@H]2CC(=O)N12. The summed E-state index contributed by atoms with van der Waals surface area (Å²) in [5.74, 6) is 0.759. The van der Waals surface area contributed by atoms with Gasteiger partial charge in [0.05, 0.1) is 11.8 Å². The third kappa shape index (κ3) is 1.06. The highest BCUT2D eigenvalue weighted by Gasteiger charge is 2.42.